The van der Waals surface area contributed by atoms with Crippen molar-refractivity contribution < 1.29 is 78.2 Å². The predicted octanol–water partition coefficient (Wildman–Crippen LogP) is 1.94. The van der Waals surface area contributed by atoms with Gasteiger partial charge in [-0.1, -0.05) is 26.0 Å². The molecule has 0 bridgehead atoms. The van der Waals surface area contributed by atoms with E-state index in [4.69, 9.17) is 5.11 Å². The van der Waals surface area contributed by atoms with Crippen molar-refractivity contribution in [2.75, 3.05) is 7.05 Å². The van der Waals surface area contributed by atoms with Gasteiger partial charge in [-0.15, -0.1) is 13.2 Å². The zero-order valence-corrected chi connectivity index (χ0v) is 26.3. The van der Waals surface area contributed by atoms with Crippen molar-refractivity contribution in [2.24, 2.45) is 0 Å². The maximum absolute atomic E-state index is 13.7. The Labute approximate surface area is 269 Å². The number of carboxylic acids is 1. The van der Waals surface area contributed by atoms with E-state index in [1.54, 1.807) is 6.07 Å². The third-order valence-corrected chi connectivity index (χ3v) is 6.44. The van der Waals surface area contributed by atoms with Gasteiger partial charge in [0.1, 0.15) is 11.6 Å². The second kappa shape index (κ2) is 15.7. The number of hydrogen-bond donors (Lipinski definition) is 3. The largest absolute Gasteiger partial charge is 1.00 e. The van der Waals surface area contributed by atoms with Crippen LogP contribution >= 0.6 is 0 Å². The molecule has 1 amide bonds. The molecule has 0 saturated heterocycles. The number of carboxylic acid groups (broad SMARTS) is 1. The summed E-state index contributed by atoms with van der Waals surface area (Å²) >= 11 is 0. The molecule has 0 aliphatic rings. The van der Waals surface area contributed by atoms with Crippen molar-refractivity contribution in [3.05, 3.63) is 76.9 Å². The zero-order chi connectivity index (χ0) is 31.2. The van der Waals surface area contributed by atoms with E-state index in [1.807, 2.05) is 13.8 Å². The number of nitrogens with zero attached hydrogens (tertiary/aromatic N) is 3. The Balaban J connectivity index is 0.00000484. The molecule has 0 fully saturated rings. The molecule has 1 aromatic heterocycles. The summed E-state index contributed by atoms with van der Waals surface area (Å²) < 4.78 is 57.1. The fraction of sp³-hybridized carbons (Fsp3) is 0.414. The van der Waals surface area contributed by atoms with E-state index in [-0.39, 0.29) is 68.4 Å². The minimum atomic E-state index is -4.86. The average molecular weight is 620 g/mol. The molecule has 0 aliphatic heterocycles. The SMILES string of the molecule is CC(C)c1c(C(=O)N(C)Cc2cccc(OC(F)(F)F)c2)nn(-c2ccc(F)cc2)c1CC[C@@H](O)C[C@@H](O)CC(=O)O.[H-].[Na+]. The van der Waals surface area contributed by atoms with Crippen LogP contribution in [-0.2, 0) is 17.8 Å². The first-order valence-corrected chi connectivity index (χ1v) is 13.2. The summed E-state index contributed by atoms with van der Waals surface area (Å²) in [5.41, 5.74) is 2.03. The van der Waals surface area contributed by atoms with Gasteiger partial charge in [-0.05, 0) is 67.1 Å². The molecule has 43 heavy (non-hydrogen) atoms. The monoisotopic (exact) mass is 619 g/mol. The van der Waals surface area contributed by atoms with Gasteiger partial charge in [0, 0.05) is 24.8 Å². The third kappa shape index (κ3) is 10.6. The van der Waals surface area contributed by atoms with Crippen LogP contribution in [-0.4, -0.2) is 67.5 Å². The second-order valence-corrected chi connectivity index (χ2v) is 10.3. The number of aromatic nitrogens is 2. The van der Waals surface area contributed by atoms with Gasteiger partial charge in [0.05, 0.1) is 24.3 Å². The van der Waals surface area contributed by atoms with Gasteiger partial charge in [-0.25, -0.2) is 9.07 Å². The molecule has 0 radical (unpaired) electrons. The maximum Gasteiger partial charge on any atom is 1.00 e. The number of benzene rings is 2. The first-order valence-electron chi connectivity index (χ1n) is 13.2. The van der Waals surface area contributed by atoms with Crippen molar-refractivity contribution >= 4 is 11.9 Å². The number of alkyl halides is 3. The Morgan fingerprint density at radius 3 is 2.33 bits per heavy atom. The Morgan fingerprint density at radius 2 is 1.74 bits per heavy atom. The van der Waals surface area contributed by atoms with E-state index in [0.717, 1.165) is 6.07 Å². The number of hydrogen-bond acceptors (Lipinski definition) is 6. The molecule has 3 N–H and O–H groups in total. The van der Waals surface area contributed by atoms with Crippen LogP contribution in [0.2, 0.25) is 0 Å². The van der Waals surface area contributed by atoms with Crippen LogP contribution in [0.4, 0.5) is 17.6 Å². The fourth-order valence-corrected chi connectivity index (χ4v) is 4.65. The molecular weight excluding hydrogens is 585 g/mol. The number of ether oxygens (including phenoxy) is 1. The van der Waals surface area contributed by atoms with E-state index >= 15 is 0 Å². The topological polar surface area (TPSA) is 125 Å². The Hall–Kier alpha value is -2.97. The van der Waals surface area contributed by atoms with Crippen molar-refractivity contribution in [3.63, 3.8) is 0 Å². The smallest absolute Gasteiger partial charge is 1.00 e. The first-order chi connectivity index (χ1) is 19.6. The molecule has 14 heteroatoms. The normalized spacial score (nSPS) is 12.9. The molecule has 2 aromatic carbocycles. The number of carbonyl (C=O) groups is 2. The van der Waals surface area contributed by atoms with Gasteiger partial charge in [-0.2, -0.15) is 5.10 Å². The second-order valence-electron chi connectivity index (χ2n) is 10.3. The average Bonchev–Trinajstić information content (AvgIpc) is 3.25. The van der Waals surface area contributed by atoms with Crippen LogP contribution in [0.25, 0.3) is 5.69 Å². The minimum Gasteiger partial charge on any atom is -1.00 e. The van der Waals surface area contributed by atoms with Crippen LogP contribution in [0.1, 0.15) is 67.8 Å². The maximum atomic E-state index is 13.7. The molecule has 0 spiro atoms. The van der Waals surface area contributed by atoms with Gasteiger partial charge < -0.3 is 26.4 Å². The number of aliphatic carboxylic acids is 1. The summed E-state index contributed by atoms with van der Waals surface area (Å²) in [6, 6.07) is 10.7. The van der Waals surface area contributed by atoms with Crippen LogP contribution in [0.15, 0.2) is 48.5 Å². The van der Waals surface area contributed by atoms with Crippen molar-refractivity contribution in [3.8, 4) is 11.4 Å². The van der Waals surface area contributed by atoms with Crippen molar-refractivity contribution in [1.29, 1.82) is 0 Å². The summed E-state index contributed by atoms with van der Waals surface area (Å²) in [7, 11) is 1.48. The summed E-state index contributed by atoms with van der Waals surface area (Å²) in [4.78, 5) is 25.8. The number of rotatable bonds is 13. The molecule has 0 unspecified atom stereocenters. The Bertz CT molecular complexity index is 1390. The fourth-order valence-electron chi connectivity index (χ4n) is 4.65. The van der Waals surface area contributed by atoms with Gasteiger partial charge in [-0.3, -0.25) is 9.59 Å². The Morgan fingerprint density at radius 1 is 1.09 bits per heavy atom. The molecule has 3 rings (SSSR count). The number of aliphatic hydroxyl groups excluding tert-OH is 2. The summed E-state index contributed by atoms with van der Waals surface area (Å²) in [5.74, 6) is -2.84. The molecule has 1 heterocycles. The predicted molar refractivity (Wildman–Crippen MR) is 145 cm³/mol. The number of aliphatic hydroxyl groups is 2. The minimum absolute atomic E-state index is 0. The number of halogens is 4. The van der Waals surface area contributed by atoms with Crippen LogP contribution in [0.3, 0.4) is 0 Å². The molecule has 0 aliphatic carbocycles. The summed E-state index contributed by atoms with van der Waals surface area (Å²) in [6.07, 6.45) is -7.54. The molecular formula is C29H34F4N3NaO6. The van der Waals surface area contributed by atoms with Crippen LogP contribution < -0.4 is 34.3 Å². The molecule has 0 saturated carbocycles. The quantitative estimate of drug-likeness (QED) is 0.197. The Kier molecular flexibility index (Phi) is 13.2. The summed E-state index contributed by atoms with van der Waals surface area (Å²) in [5, 5.41) is 33.8. The van der Waals surface area contributed by atoms with E-state index in [0.29, 0.717) is 22.5 Å². The van der Waals surface area contributed by atoms with Crippen molar-refractivity contribution in [2.45, 2.75) is 70.6 Å². The molecule has 9 nitrogen and oxygen atoms in total. The van der Waals surface area contributed by atoms with Gasteiger partial charge in [0.15, 0.2) is 5.69 Å². The summed E-state index contributed by atoms with van der Waals surface area (Å²) in [6.45, 7) is 3.64. The van der Waals surface area contributed by atoms with Crippen LogP contribution in [0, 0.1) is 5.82 Å². The van der Waals surface area contributed by atoms with E-state index < -0.39 is 48.4 Å². The van der Waals surface area contributed by atoms with E-state index in [2.05, 4.69) is 9.84 Å². The van der Waals surface area contributed by atoms with E-state index in [1.165, 1.54) is 53.0 Å². The standard InChI is InChI=1S/C29H33F4N3O6.Na.H/c1-17(2)26-24(12-11-21(37)14-22(38)15-25(39)40)36(20-9-7-19(30)8-10-20)34-27(26)28(41)35(3)16-18-5-4-6-23(13-18)42-29(31,32)33;;/h4-10,13,17,21-22,37-38H,11-12,14-16H2,1-3H3,(H,39,40);;/q;+1;-1/t21-,22-;;/m1../s1. The molecule has 2 atom stereocenters. The molecule has 230 valence electrons. The third-order valence-electron chi connectivity index (χ3n) is 6.44. The van der Waals surface area contributed by atoms with Gasteiger partial charge >= 0.3 is 41.9 Å². The van der Waals surface area contributed by atoms with E-state index in [9.17, 15) is 37.4 Å². The number of amides is 1. The first kappa shape index (κ1) is 36.2. The van der Waals surface area contributed by atoms with Crippen LogP contribution in [0.5, 0.6) is 5.75 Å². The van der Waals surface area contributed by atoms with Gasteiger partial charge in [0.25, 0.3) is 5.91 Å². The number of carbonyl (C=O) groups excluding carboxylic acids is 1. The van der Waals surface area contributed by atoms with Gasteiger partial charge in [0.2, 0.25) is 0 Å². The molecule has 3 aromatic rings. The van der Waals surface area contributed by atoms with Crippen molar-refractivity contribution in [1.82, 2.24) is 14.7 Å². The zero-order valence-electron chi connectivity index (χ0n) is 25.3.